The van der Waals surface area contributed by atoms with E-state index in [-0.39, 0.29) is 11.1 Å². The smallest absolute Gasteiger partial charge is 0.336 e. The number of hydrogen-bond acceptors (Lipinski definition) is 8. The highest BCUT2D eigenvalue weighted by Gasteiger charge is 2.41. The van der Waals surface area contributed by atoms with Crippen LogP contribution in [0.25, 0.3) is 0 Å². The largest absolute Gasteiger partial charge is 0.497 e. The van der Waals surface area contributed by atoms with Crippen molar-refractivity contribution in [3.63, 3.8) is 0 Å². The second-order valence-corrected chi connectivity index (χ2v) is 11.5. The Kier molecular flexibility index (Phi) is 11.2. The summed E-state index contributed by atoms with van der Waals surface area (Å²) in [5.41, 5.74) is 0.148. The van der Waals surface area contributed by atoms with Crippen molar-refractivity contribution in [1.82, 2.24) is 15.2 Å². The number of methoxy groups -OCH3 is 1. The fraction of sp³-hybridized carbons (Fsp3) is 0.517. The minimum absolute atomic E-state index is 0.128. The number of aromatic nitrogens is 1. The molecule has 0 radical (unpaired) electrons. The summed E-state index contributed by atoms with van der Waals surface area (Å²) in [4.78, 5) is 37.3. The third-order valence-electron chi connectivity index (χ3n) is 6.65. The maximum atomic E-state index is 10.3. The van der Waals surface area contributed by atoms with Gasteiger partial charge in [0.2, 0.25) is 0 Å². The van der Waals surface area contributed by atoms with E-state index in [4.69, 9.17) is 25.2 Å². The van der Waals surface area contributed by atoms with Crippen molar-refractivity contribution in [2.75, 3.05) is 7.11 Å². The van der Waals surface area contributed by atoms with E-state index in [9.17, 15) is 14.4 Å². The van der Waals surface area contributed by atoms with Gasteiger partial charge in [-0.1, -0.05) is 12.1 Å². The SMILES string of the molecule is COc1ccc(CN(Cc2ccncc2)C2CC(C)(C)NC(C)(C)C2)cc1.O=C(O)CC(O)(CC(=O)O)C(=O)O. The Morgan fingerprint density at radius 1 is 0.900 bits per heavy atom. The Balaban J connectivity index is 0.000000366. The van der Waals surface area contributed by atoms with Crippen LogP contribution in [0.15, 0.2) is 48.8 Å². The number of hydrogen-bond donors (Lipinski definition) is 5. The fourth-order valence-corrected chi connectivity index (χ4v) is 5.24. The highest BCUT2D eigenvalue weighted by Crippen LogP contribution is 2.33. The number of nitrogens with one attached hydrogen (secondary N) is 1. The van der Waals surface area contributed by atoms with Gasteiger partial charge in [0.25, 0.3) is 0 Å². The molecule has 11 nitrogen and oxygen atoms in total. The molecule has 0 spiro atoms. The molecule has 3 rings (SSSR count). The molecule has 1 fully saturated rings. The second kappa shape index (κ2) is 13.7. The molecule has 0 atom stereocenters. The van der Waals surface area contributed by atoms with Gasteiger partial charge >= 0.3 is 17.9 Å². The lowest BCUT2D eigenvalue weighted by Gasteiger charge is -2.49. The molecule has 1 aromatic carbocycles. The first-order valence-electron chi connectivity index (χ1n) is 13.0. The lowest BCUT2D eigenvalue weighted by molar-refractivity contribution is -0.170. The van der Waals surface area contributed by atoms with Crippen LogP contribution in [0.2, 0.25) is 0 Å². The molecule has 2 heterocycles. The molecule has 0 aliphatic carbocycles. The van der Waals surface area contributed by atoms with Crippen LogP contribution in [-0.2, 0) is 27.5 Å². The van der Waals surface area contributed by atoms with Gasteiger partial charge in [0, 0.05) is 42.6 Å². The van der Waals surface area contributed by atoms with Crippen molar-refractivity contribution in [2.24, 2.45) is 0 Å². The first-order valence-corrected chi connectivity index (χ1v) is 13.0. The summed E-state index contributed by atoms with van der Waals surface area (Å²) in [6, 6.07) is 13.2. The zero-order valence-corrected chi connectivity index (χ0v) is 23.8. The van der Waals surface area contributed by atoms with Crippen LogP contribution < -0.4 is 10.1 Å². The van der Waals surface area contributed by atoms with E-state index in [0.717, 1.165) is 31.7 Å². The highest BCUT2D eigenvalue weighted by molar-refractivity contribution is 5.88. The van der Waals surface area contributed by atoms with Gasteiger partial charge in [-0.05, 0) is 75.9 Å². The molecular formula is C29H41N3O8. The molecule has 1 saturated heterocycles. The quantitative estimate of drug-likeness (QED) is 0.274. The average molecular weight is 560 g/mol. The van der Waals surface area contributed by atoms with Crippen LogP contribution in [0.4, 0.5) is 0 Å². The number of ether oxygens (including phenoxy) is 1. The van der Waals surface area contributed by atoms with E-state index < -0.39 is 36.4 Å². The van der Waals surface area contributed by atoms with Crippen LogP contribution in [0.1, 0.15) is 64.5 Å². The van der Waals surface area contributed by atoms with E-state index >= 15 is 0 Å². The van der Waals surface area contributed by atoms with Crippen LogP contribution in [0.5, 0.6) is 5.75 Å². The third kappa shape index (κ3) is 10.6. The minimum Gasteiger partial charge on any atom is -0.497 e. The number of aliphatic hydroxyl groups is 1. The maximum absolute atomic E-state index is 10.3. The number of carbonyl (C=O) groups is 3. The van der Waals surface area contributed by atoms with E-state index in [1.165, 1.54) is 11.1 Å². The van der Waals surface area contributed by atoms with Crippen LogP contribution in [-0.4, -0.2) is 78.0 Å². The number of rotatable bonds is 11. The molecule has 0 unspecified atom stereocenters. The highest BCUT2D eigenvalue weighted by atomic mass is 16.5. The van der Waals surface area contributed by atoms with Crippen molar-refractivity contribution in [3.8, 4) is 5.75 Å². The minimum atomic E-state index is -2.74. The average Bonchev–Trinajstić information content (AvgIpc) is 2.82. The lowest BCUT2D eigenvalue weighted by Crippen LogP contribution is -2.62. The van der Waals surface area contributed by atoms with Crippen LogP contribution >= 0.6 is 0 Å². The molecule has 1 aliphatic rings. The molecule has 1 aliphatic heterocycles. The zero-order valence-electron chi connectivity index (χ0n) is 23.8. The van der Waals surface area contributed by atoms with Crippen molar-refractivity contribution in [3.05, 3.63) is 59.9 Å². The predicted molar refractivity (Wildman–Crippen MR) is 148 cm³/mol. The Hall–Kier alpha value is -3.54. The molecular weight excluding hydrogens is 518 g/mol. The maximum Gasteiger partial charge on any atom is 0.336 e. The van der Waals surface area contributed by atoms with Gasteiger partial charge in [0.15, 0.2) is 5.60 Å². The van der Waals surface area contributed by atoms with Gasteiger partial charge in [0.05, 0.1) is 20.0 Å². The Labute approximate surface area is 234 Å². The first kappa shape index (κ1) is 32.7. The molecule has 11 heteroatoms. The van der Waals surface area contributed by atoms with Gasteiger partial charge < -0.3 is 30.5 Å². The molecule has 2 aromatic rings. The van der Waals surface area contributed by atoms with Gasteiger partial charge in [-0.3, -0.25) is 19.5 Å². The summed E-state index contributed by atoms with van der Waals surface area (Å²) in [6.45, 7) is 11.1. The summed E-state index contributed by atoms with van der Waals surface area (Å²) in [7, 11) is 1.71. The Bertz CT molecular complexity index is 1100. The number of carboxylic acid groups (broad SMARTS) is 3. The monoisotopic (exact) mass is 559 g/mol. The van der Waals surface area contributed by atoms with Gasteiger partial charge in [0.1, 0.15) is 5.75 Å². The van der Waals surface area contributed by atoms with Gasteiger partial charge in [-0.25, -0.2) is 4.79 Å². The molecule has 0 bridgehead atoms. The fourth-order valence-electron chi connectivity index (χ4n) is 5.24. The van der Waals surface area contributed by atoms with E-state index in [2.05, 4.69) is 79.3 Å². The Morgan fingerprint density at radius 2 is 1.35 bits per heavy atom. The van der Waals surface area contributed by atoms with Crippen molar-refractivity contribution in [1.29, 1.82) is 0 Å². The molecule has 220 valence electrons. The number of pyridine rings is 1. The number of nitrogens with zero attached hydrogens (tertiary/aromatic N) is 2. The number of benzene rings is 1. The summed E-state index contributed by atoms with van der Waals surface area (Å²) in [5, 5.41) is 37.6. The first-order chi connectivity index (χ1) is 18.5. The van der Waals surface area contributed by atoms with Gasteiger partial charge in [-0.2, -0.15) is 0 Å². The third-order valence-corrected chi connectivity index (χ3v) is 6.65. The Morgan fingerprint density at radius 3 is 1.75 bits per heavy atom. The summed E-state index contributed by atoms with van der Waals surface area (Å²) in [5.74, 6) is -4.11. The summed E-state index contributed by atoms with van der Waals surface area (Å²) in [6.07, 6.45) is 3.76. The van der Waals surface area contributed by atoms with E-state index in [1.54, 1.807) is 7.11 Å². The van der Waals surface area contributed by atoms with Crippen molar-refractivity contribution in [2.45, 2.75) is 89.2 Å². The van der Waals surface area contributed by atoms with Crippen molar-refractivity contribution < 1.29 is 39.5 Å². The topological polar surface area (TPSA) is 170 Å². The van der Waals surface area contributed by atoms with Crippen LogP contribution in [0, 0.1) is 0 Å². The number of piperidine rings is 1. The molecule has 40 heavy (non-hydrogen) atoms. The molecule has 0 amide bonds. The molecule has 0 saturated carbocycles. The molecule has 5 N–H and O–H groups in total. The second-order valence-electron chi connectivity index (χ2n) is 11.5. The number of aliphatic carboxylic acids is 3. The van der Waals surface area contributed by atoms with Crippen LogP contribution in [0.3, 0.4) is 0 Å². The number of carboxylic acids is 3. The predicted octanol–water partition coefficient (Wildman–Crippen LogP) is 3.15. The van der Waals surface area contributed by atoms with Gasteiger partial charge in [-0.15, -0.1) is 0 Å². The van der Waals surface area contributed by atoms with E-state index in [0.29, 0.717) is 6.04 Å². The standard InChI is InChI=1S/C23H33N3O.C6H8O7/c1-22(2)14-20(15-23(3,4)25-22)26(17-19-10-12-24-13-11-19)16-18-6-8-21(27-5)9-7-18;7-3(8)1-6(13,5(11)12)2-4(9)10/h6-13,20,25H,14-17H2,1-5H3;13H,1-2H2,(H,7,8)(H,9,10)(H,11,12). The van der Waals surface area contributed by atoms with E-state index in [1.807, 2.05) is 12.4 Å². The lowest BCUT2D eigenvalue weighted by atomic mass is 9.79. The zero-order chi connectivity index (χ0) is 30.1. The summed E-state index contributed by atoms with van der Waals surface area (Å²) >= 11 is 0. The summed E-state index contributed by atoms with van der Waals surface area (Å²) < 4.78 is 5.31. The normalized spacial score (nSPS) is 16.5. The van der Waals surface area contributed by atoms with Crippen molar-refractivity contribution >= 4 is 17.9 Å². The molecule has 1 aromatic heterocycles.